The maximum absolute atomic E-state index is 5.95. The fourth-order valence-electron chi connectivity index (χ4n) is 2.79. The van der Waals surface area contributed by atoms with Crippen LogP contribution in [0.3, 0.4) is 0 Å². The number of oxime groups is 1. The van der Waals surface area contributed by atoms with Gasteiger partial charge in [0, 0.05) is 29.3 Å². The average molecular weight is 383 g/mol. The first kappa shape index (κ1) is 17.9. The smallest absolute Gasteiger partial charge is 0.315 e. The predicted molar refractivity (Wildman–Crippen MR) is 106 cm³/mol. The number of pyridine rings is 1. The number of allylic oxidation sites excluding steroid dienone is 2. The van der Waals surface area contributed by atoms with E-state index in [9.17, 15) is 0 Å². The molecule has 6 nitrogen and oxygen atoms in total. The van der Waals surface area contributed by atoms with Crippen LogP contribution < -0.4 is 4.74 Å². The molecule has 140 valence electrons. The van der Waals surface area contributed by atoms with Gasteiger partial charge < -0.3 is 14.0 Å². The molecular formula is C20H21N3O3S. The molecule has 0 radical (unpaired) electrons. The highest BCUT2D eigenvalue weighted by Gasteiger charge is 2.28. The Hall–Kier alpha value is -2.54. The van der Waals surface area contributed by atoms with Crippen LogP contribution in [0.4, 0.5) is 0 Å². The van der Waals surface area contributed by atoms with E-state index in [2.05, 4.69) is 34.2 Å². The molecule has 0 unspecified atom stereocenters. The normalized spacial score (nSPS) is 18.4. The Morgan fingerprint density at radius 2 is 2.22 bits per heavy atom. The monoisotopic (exact) mass is 383 g/mol. The van der Waals surface area contributed by atoms with Crippen LogP contribution >= 0.6 is 11.8 Å². The number of ether oxygens (including phenoxy) is 1. The summed E-state index contributed by atoms with van der Waals surface area (Å²) in [7, 11) is 0. The van der Waals surface area contributed by atoms with E-state index < -0.39 is 0 Å². The third-order valence-electron chi connectivity index (χ3n) is 4.15. The summed E-state index contributed by atoms with van der Waals surface area (Å²) in [6, 6.07) is 4.00. The number of nitrogens with zero attached hydrogens (tertiary/aromatic N) is 3. The van der Waals surface area contributed by atoms with Crippen LogP contribution in [0.25, 0.3) is 9.81 Å². The van der Waals surface area contributed by atoms with Crippen molar-refractivity contribution in [1.29, 1.82) is 0 Å². The van der Waals surface area contributed by atoms with Gasteiger partial charge in [0.15, 0.2) is 5.69 Å². The van der Waals surface area contributed by atoms with E-state index in [4.69, 9.17) is 14.0 Å². The standard InChI is InChI=1S/C20H21N3O3S/c1-12(2)26-23-15-8-10-24-20-17(15)22-19(25-20)18-13(3)6-7-16(27-18)14-5-4-9-21-11-14/h4-5,7,9,11-12H,6,8,10H2,1-3H3. The minimum Gasteiger partial charge on any atom is -0.463 e. The van der Waals surface area contributed by atoms with E-state index >= 15 is 0 Å². The van der Waals surface area contributed by atoms with Crippen molar-refractivity contribution < 1.29 is 14.0 Å². The summed E-state index contributed by atoms with van der Waals surface area (Å²) in [5.74, 6) is 0.983. The van der Waals surface area contributed by atoms with E-state index in [0.717, 1.165) is 27.5 Å². The highest BCUT2D eigenvalue weighted by Crippen LogP contribution is 2.46. The molecule has 0 bridgehead atoms. The number of thioether (sulfide) groups is 1. The summed E-state index contributed by atoms with van der Waals surface area (Å²) in [5, 5.41) is 4.24. The summed E-state index contributed by atoms with van der Waals surface area (Å²) < 4.78 is 11.6. The lowest BCUT2D eigenvalue weighted by atomic mass is 10.1. The van der Waals surface area contributed by atoms with Crippen LogP contribution in [0.15, 0.2) is 45.7 Å². The second-order valence-electron chi connectivity index (χ2n) is 6.67. The first-order valence-electron chi connectivity index (χ1n) is 8.97. The van der Waals surface area contributed by atoms with Crippen molar-refractivity contribution in [3.63, 3.8) is 0 Å². The Balaban J connectivity index is 1.63. The number of hydrogen-bond acceptors (Lipinski definition) is 7. The summed E-state index contributed by atoms with van der Waals surface area (Å²) >= 11 is 1.65. The van der Waals surface area contributed by atoms with Gasteiger partial charge in [-0.05, 0) is 33.3 Å². The Morgan fingerprint density at radius 3 is 3.00 bits per heavy atom. The van der Waals surface area contributed by atoms with Gasteiger partial charge in [-0.2, -0.15) is 0 Å². The quantitative estimate of drug-likeness (QED) is 0.700. The Morgan fingerprint density at radius 1 is 1.33 bits per heavy atom. The zero-order valence-corrected chi connectivity index (χ0v) is 16.4. The van der Waals surface area contributed by atoms with E-state index in [-0.39, 0.29) is 6.10 Å². The molecule has 0 saturated carbocycles. The van der Waals surface area contributed by atoms with Gasteiger partial charge in [0.2, 0.25) is 5.89 Å². The van der Waals surface area contributed by atoms with E-state index in [1.54, 1.807) is 18.0 Å². The number of rotatable bonds is 4. The molecule has 0 aromatic carbocycles. The molecule has 0 aliphatic carbocycles. The highest BCUT2D eigenvalue weighted by atomic mass is 32.2. The molecule has 2 aliphatic heterocycles. The van der Waals surface area contributed by atoms with Crippen molar-refractivity contribution in [2.45, 2.75) is 39.7 Å². The third-order valence-corrected chi connectivity index (χ3v) is 5.50. The third kappa shape index (κ3) is 3.78. The minimum atomic E-state index is 0.0150. The summed E-state index contributed by atoms with van der Waals surface area (Å²) in [5.41, 5.74) is 3.70. The molecule has 4 heterocycles. The van der Waals surface area contributed by atoms with Crippen molar-refractivity contribution in [3.05, 3.63) is 53.3 Å². The molecule has 0 N–H and O–H groups in total. The lowest BCUT2D eigenvalue weighted by Crippen LogP contribution is -2.16. The lowest BCUT2D eigenvalue weighted by molar-refractivity contribution is 0.0846. The minimum absolute atomic E-state index is 0.0150. The molecule has 4 rings (SSSR count). The second kappa shape index (κ2) is 7.60. The van der Waals surface area contributed by atoms with Crippen molar-refractivity contribution in [2.75, 3.05) is 6.61 Å². The number of aromatic nitrogens is 2. The van der Waals surface area contributed by atoms with Gasteiger partial charge in [0.05, 0.1) is 11.5 Å². The first-order valence-corrected chi connectivity index (χ1v) is 9.78. The van der Waals surface area contributed by atoms with Crippen LogP contribution in [-0.2, 0) is 4.84 Å². The van der Waals surface area contributed by atoms with E-state index in [0.29, 0.717) is 30.6 Å². The summed E-state index contributed by atoms with van der Waals surface area (Å²) in [6.07, 6.45) is 7.37. The predicted octanol–water partition coefficient (Wildman–Crippen LogP) is 4.89. The number of oxazole rings is 1. The van der Waals surface area contributed by atoms with Crippen molar-refractivity contribution in [2.24, 2.45) is 5.16 Å². The zero-order chi connectivity index (χ0) is 18.8. The lowest BCUT2D eigenvalue weighted by Gasteiger charge is -2.16. The SMILES string of the molecule is CC1=C(c2nc3c(o2)OCCC3=NOC(C)C)SC(c2cccnc2)=CC1. The van der Waals surface area contributed by atoms with Crippen LogP contribution in [0, 0.1) is 0 Å². The Labute approximate surface area is 162 Å². The maximum atomic E-state index is 5.95. The van der Waals surface area contributed by atoms with Crippen LogP contribution in [0.5, 0.6) is 5.95 Å². The second-order valence-corrected chi connectivity index (χ2v) is 7.72. The number of hydrogen-bond donors (Lipinski definition) is 0. The van der Waals surface area contributed by atoms with Gasteiger partial charge in [-0.3, -0.25) is 4.98 Å². The fraction of sp³-hybridized carbons (Fsp3) is 0.350. The van der Waals surface area contributed by atoms with Gasteiger partial charge >= 0.3 is 5.95 Å². The van der Waals surface area contributed by atoms with Crippen LogP contribution in [0.1, 0.15) is 50.8 Å². The molecular weight excluding hydrogens is 362 g/mol. The highest BCUT2D eigenvalue weighted by molar-refractivity contribution is 8.16. The molecule has 2 aromatic heterocycles. The topological polar surface area (TPSA) is 69.7 Å². The molecule has 0 fully saturated rings. The maximum Gasteiger partial charge on any atom is 0.315 e. The fourth-order valence-corrected chi connectivity index (χ4v) is 3.85. The molecule has 0 amide bonds. The molecule has 2 aromatic rings. The van der Waals surface area contributed by atoms with Gasteiger partial charge in [-0.25, -0.2) is 4.98 Å². The molecule has 27 heavy (non-hydrogen) atoms. The van der Waals surface area contributed by atoms with Crippen molar-refractivity contribution in [1.82, 2.24) is 9.97 Å². The van der Waals surface area contributed by atoms with Crippen LogP contribution in [-0.4, -0.2) is 28.4 Å². The van der Waals surface area contributed by atoms with Gasteiger partial charge in [-0.15, -0.1) is 0 Å². The number of fused-ring (bicyclic) bond motifs is 1. The first-order chi connectivity index (χ1) is 13.1. The van der Waals surface area contributed by atoms with Crippen LogP contribution in [0.2, 0.25) is 0 Å². The summed E-state index contributed by atoms with van der Waals surface area (Å²) in [4.78, 5) is 16.5. The van der Waals surface area contributed by atoms with E-state index in [1.807, 2.05) is 26.1 Å². The van der Waals surface area contributed by atoms with E-state index in [1.165, 1.54) is 5.57 Å². The molecule has 2 aliphatic rings. The molecule has 7 heteroatoms. The molecule has 0 saturated heterocycles. The molecule has 0 atom stereocenters. The Bertz CT molecular complexity index is 929. The van der Waals surface area contributed by atoms with Gasteiger partial charge in [0.25, 0.3) is 0 Å². The summed E-state index contributed by atoms with van der Waals surface area (Å²) in [6.45, 7) is 6.49. The van der Waals surface area contributed by atoms with Gasteiger partial charge in [0.1, 0.15) is 11.8 Å². The zero-order valence-electron chi connectivity index (χ0n) is 15.6. The van der Waals surface area contributed by atoms with Crippen molar-refractivity contribution >= 4 is 27.3 Å². The van der Waals surface area contributed by atoms with Gasteiger partial charge in [-0.1, -0.05) is 34.6 Å². The Kier molecular flexibility index (Phi) is 5.03. The molecule has 0 spiro atoms. The van der Waals surface area contributed by atoms with Crippen molar-refractivity contribution in [3.8, 4) is 5.95 Å². The largest absolute Gasteiger partial charge is 0.463 e. The average Bonchev–Trinajstić information content (AvgIpc) is 3.12.